The van der Waals surface area contributed by atoms with E-state index in [0.717, 1.165) is 55.5 Å². The number of rotatable bonds is 3. The second kappa shape index (κ2) is 6.93. The summed E-state index contributed by atoms with van der Waals surface area (Å²) in [5.41, 5.74) is 5.00. The molecule has 0 fully saturated rings. The van der Waals surface area contributed by atoms with E-state index in [4.69, 9.17) is 13.8 Å². The summed E-state index contributed by atoms with van der Waals surface area (Å²) in [5, 5.41) is 3.96. The summed E-state index contributed by atoms with van der Waals surface area (Å²) in [5.74, 6) is 0.800. The molecular weight excluding hydrogens is 410 g/mol. The van der Waals surface area contributed by atoms with Crippen LogP contribution in [-0.2, 0) is 0 Å². The molecule has 0 spiro atoms. The van der Waals surface area contributed by atoms with Crippen LogP contribution in [0.25, 0.3) is 44.0 Å². The van der Waals surface area contributed by atoms with E-state index in [1.165, 1.54) is 0 Å². The molecule has 0 atom stereocenters. The molecule has 4 heterocycles. The number of benzene rings is 3. The fourth-order valence-electron chi connectivity index (χ4n) is 4.60. The number of aromatic nitrogens is 2. The molecule has 33 heavy (non-hydrogen) atoms. The van der Waals surface area contributed by atoms with Gasteiger partial charge in [0, 0.05) is 23.5 Å². The molecule has 0 saturated carbocycles. The second-order valence-electron chi connectivity index (χ2n) is 7.89. The number of anilines is 3. The van der Waals surface area contributed by atoms with Gasteiger partial charge in [0.1, 0.15) is 22.6 Å². The van der Waals surface area contributed by atoms with E-state index in [1.807, 2.05) is 66.7 Å². The average Bonchev–Trinajstić information content (AvgIpc) is 3.44. The normalized spacial score (nSPS) is 11.6. The van der Waals surface area contributed by atoms with Gasteiger partial charge in [0.05, 0.1) is 21.8 Å². The van der Waals surface area contributed by atoms with Crippen molar-refractivity contribution in [3.8, 4) is 0 Å². The monoisotopic (exact) mass is 427 g/mol. The number of para-hydroxylation sites is 2. The van der Waals surface area contributed by atoms with E-state index in [1.54, 1.807) is 12.4 Å². The lowest BCUT2D eigenvalue weighted by Gasteiger charge is -2.25. The molecule has 7 aromatic rings. The molecular formula is C28H17N3O2. The molecule has 156 valence electrons. The number of fused-ring (bicyclic) bond motifs is 6. The lowest BCUT2D eigenvalue weighted by Crippen LogP contribution is -2.12. The van der Waals surface area contributed by atoms with Crippen molar-refractivity contribution in [1.82, 2.24) is 9.97 Å². The van der Waals surface area contributed by atoms with Crippen LogP contribution < -0.4 is 4.90 Å². The first-order chi connectivity index (χ1) is 16.4. The third-order valence-corrected chi connectivity index (χ3v) is 5.99. The predicted molar refractivity (Wildman–Crippen MR) is 131 cm³/mol. The van der Waals surface area contributed by atoms with Crippen molar-refractivity contribution in [3.05, 3.63) is 103 Å². The predicted octanol–water partition coefficient (Wildman–Crippen LogP) is 7.75. The molecule has 0 bridgehead atoms. The minimum absolute atomic E-state index is 0.618. The van der Waals surface area contributed by atoms with Crippen LogP contribution in [0.5, 0.6) is 0 Å². The van der Waals surface area contributed by atoms with Crippen molar-refractivity contribution in [2.45, 2.75) is 0 Å². The molecule has 0 saturated heterocycles. The third kappa shape index (κ3) is 2.66. The molecule has 5 heteroatoms. The van der Waals surface area contributed by atoms with Gasteiger partial charge in [-0.1, -0.05) is 42.5 Å². The highest BCUT2D eigenvalue weighted by atomic mass is 16.3. The zero-order valence-electron chi connectivity index (χ0n) is 17.5. The Labute approximate surface area is 188 Å². The fraction of sp³-hybridized carbons (Fsp3) is 0. The summed E-state index contributed by atoms with van der Waals surface area (Å²) >= 11 is 0. The van der Waals surface area contributed by atoms with Crippen molar-refractivity contribution >= 4 is 61.2 Å². The largest absolute Gasteiger partial charge is 0.456 e. The summed E-state index contributed by atoms with van der Waals surface area (Å²) in [4.78, 5) is 11.5. The zero-order chi connectivity index (χ0) is 21.8. The molecule has 0 radical (unpaired) electrons. The summed E-state index contributed by atoms with van der Waals surface area (Å²) in [7, 11) is 0. The van der Waals surface area contributed by atoms with Crippen LogP contribution in [0.4, 0.5) is 17.2 Å². The van der Waals surface area contributed by atoms with E-state index in [0.29, 0.717) is 5.71 Å². The maximum Gasteiger partial charge on any atom is 0.227 e. The maximum atomic E-state index is 6.16. The zero-order valence-corrected chi connectivity index (χ0v) is 17.5. The maximum absolute atomic E-state index is 6.16. The van der Waals surface area contributed by atoms with E-state index >= 15 is 0 Å². The second-order valence-corrected chi connectivity index (χ2v) is 7.89. The number of nitrogens with zero attached hydrogens (tertiary/aromatic N) is 3. The van der Waals surface area contributed by atoms with Crippen LogP contribution in [0.3, 0.4) is 0 Å². The lowest BCUT2D eigenvalue weighted by atomic mass is 10.1. The van der Waals surface area contributed by atoms with Gasteiger partial charge in [0.15, 0.2) is 0 Å². The minimum atomic E-state index is 0.618. The Hall–Kier alpha value is -4.64. The summed E-state index contributed by atoms with van der Waals surface area (Å²) in [6.07, 6.45) is 3.55. The fourth-order valence-corrected chi connectivity index (χ4v) is 4.60. The molecule has 7 rings (SSSR count). The van der Waals surface area contributed by atoms with Gasteiger partial charge in [-0.25, -0.2) is 9.97 Å². The van der Waals surface area contributed by atoms with Crippen molar-refractivity contribution in [2.75, 3.05) is 4.90 Å². The Bertz CT molecular complexity index is 1670. The van der Waals surface area contributed by atoms with Gasteiger partial charge in [0.25, 0.3) is 0 Å². The molecule has 3 aromatic carbocycles. The van der Waals surface area contributed by atoms with Gasteiger partial charge >= 0.3 is 0 Å². The van der Waals surface area contributed by atoms with E-state index in [2.05, 4.69) is 34.1 Å². The Morgan fingerprint density at radius 1 is 0.545 bits per heavy atom. The molecule has 5 nitrogen and oxygen atoms in total. The third-order valence-electron chi connectivity index (χ3n) is 5.99. The topological polar surface area (TPSA) is 55.3 Å². The average molecular weight is 427 g/mol. The first-order valence-electron chi connectivity index (χ1n) is 10.8. The minimum Gasteiger partial charge on any atom is -0.456 e. The summed E-state index contributed by atoms with van der Waals surface area (Å²) in [6.45, 7) is 0. The van der Waals surface area contributed by atoms with Gasteiger partial charge in [-0.2, -0.15) is 0 Å². The van der Waals surface area contributed by atoms with E-state index < -0.39 is 0 Å². The van der Waals surface area contributed by atoms with Crippen LogP contribution in [0.1, 0.15) is 0 Å². The van der Waals surface area contributed by atoms with Crippen molar-refractivity contribution in [1.29, 1.82) is 0 Å². The number of hydrogen-bond acceptors (Lipinski definition) is 5. The number of hydrogen-bond donors (Lipinski definition) is 0. The molecule has 0 aliphatic heterocycles. The summed E-state index contributed by atoms with van der Waals surface area (Å²) in [6, 6.07) is 30.3. The number of furan rings is 2. The Kier molecular flexibility index (Phi) is 3.78. The molecule has 0 amide bonds. The molecule has 4 aromatic heterocycles. The Balaban J connectivity index is 1.62. The van der Waals surface area contributed by atoms with Gasteiger partial charge in [0.2, 0.25) is 5.71 Å². The van der Waals surface area contributed by atoms with E-state index in [9.17, 15) is 0 Å². The van der Waals surface area contributed by atoms with Crippen LogP contribution >= 0.6 is 0 Å². The van der Waals surface area contributed by atoms with Crippen LogP contribution in [0.15, 0.2) is 112 Å². The highest BCUT2D eigenvalue weighted by molar-refractivity contribution is 6.16. The summed E-state index contributed by atoms with van der Waals surface area (Å²) < 4.78 is 12.2. The quantitative estimate of drug-likeness (QED) is 0.289. The molecule has 0 aliphatic rings. The molecule has 0 unspecified atom stereocenters. The highest BCUT2D eigenvalue weighted by Crippen LogP contribution is 2.45. The van der Waals surface area contributed by atoms with Gasteiger partial charge < -0.3 is 8.83 Å². The van der Waals surface area contributed by atoms with Crippen molar-refractivity contribution in [2.24, 2.45) is 0 Å². The smallest absolute Gasteiger partial charge is 0.227 e. The Morgan fingerprint density at radius 3 is 2.27 bits per heavy atom. The van der Waals surface area contributed by atoms with Crippen LogP contribution in [0.2, 0.25) is 0 Å². The first kappa shape index (κ1) is 18.0. The van der Waals surface area contributed by atoms with Gasteiger partial charge in [-0.05, 0) is 48.5 Å². The van der Waals surface area contributed by atoms with Crippen molar-refractivity contribution in [3.63, 3.8) is 0 Å². The van der Waals surface area contributed by atoms with Gasteiger partial charge in [-0.3, -0.25) is 4.90 Å². The van der Waals surface area contributed by atoms with Crippen LogP contribution in [-0.4, -0.2) is 9.97 Å². The van der Waals surface area contributed by atoms with Crippen LogP contribution in [0, 0.1) is 0 Å². The molecule has 0 aliphatic carbocycles. The Morgan fingerprint density at radius 2 is 1.33 bits per heavy atom. The number of pyridine rings is 2. The van der Waals surface area contributed by atoms with Crippen molar-refractivity contribution < 1.29 is 8.83 Å². The lowest BCUT2D eigenvalue weighted by molar-refractivity contribution is 0.654. The van der Waals surface area contributed by atoms with E-state index in [-0.39, 0.29) is 0 Å². The standard InChI is InChI=1S/C28H17N3O2/c1-2-8-18(9-3-1)31(21-12-6-14-23-25(21)20-11-7-16-30-28(20)33-23)27-26-19-10-4-5-13-22(19)32-24(26)15-17-29-27/h1-17H. The molecule has 0 N–H and O–H groups in total. The first-order valence-corrected chi connectivity index (χ1v) is 10.8. The highest BCUT2D eigenvalue weighted by Gasteiger charge is 2.23. The van der Waals surface area contributed by atoms with Gasteiger partial charge in [-0.15, -0.1) is 0 Å². The SMILES string of the molecule is c1ccc(N(c2nccc3oc4ccccc4c23)c2cccc3oc4ncccc4c23)cc1.